The zero-order valence-corrected chi connectivity index (χ0v) is 10.1. The standard InChI is InChI=1S/C11H20N2O4/c1-3-5-9(10(15)16)12-11(17)13(6-4-2)7-8-14/h4,9,14H,2-3,5-8H2,1H3,(H,12,17)(H,15,16). The van der Waals surface area contributed by atoms with Crippen molar-refractivity contribution in [3.8, 4) is 0 Å². The highest BCUT2D eigenvalue weighted by Gasteiger charge is 2.21. The number of urea groups is 1. The van der Waals surface area contributed by atoms with Crippen molar-refractivity contribution < 1.29 is 19.8 Å². The molecule has 98 valence electrons. The summed E-state index contributed by atoms with van der Waals surface area (Å²) in [4.78, 5) is 23.9. The molecule has 3 N–H and O–H groups in total. The average molecular weight is 244 g/mol. The van der Waals surface area contributed by atoms with Crippen LogP contribution in [-0.2, 0) is 4.79 Å². The van der Waals surface area contributed by atoms with Crippen LogP contribution in [-0.4, -0.2) is 52.9 Å². The largest absolute Gasteiger partial charge is 0.480 e. The van der Waals surface area contributed by atoms with Crippen LogP contribution < -0.4 is 5.32 Å². The van der Waals surface area contributed by atoms with Crippen molar-refractivity contribution in [2.24, 2.45) is 0 Å². The van der Waals surface area contributed by atoms with Crippen molar-refractivity contribution in [3.63, 3.8) is 0 Å². The second kappa shape index (κ2) is 8.58. The number of amides is 2. The van der Waals surface area contributed by atoms with Gasteiger partial charge in [0.15, 0.2) is 0 Å². The molecule has 1 atom stereocenters. The molecule has 0 aliphatic carbocycles. The number of carboxylic acid groups (broad SMARTS) is 1. The Morgan fingerprint density at radius 2 is 2.18 bits per heavy atom. The third-order valence-corrected chi connectivity index (χ3v) is 2.18. The summed E-state index contributed by atoms with van der Waals surface area (Å²) in [5.74, 6) is -1.05. The van der Waals surface area contributed by atoms with Crippen LogP contribution in [0.3, 0.4) is 0 Å². The van der Waals surface area contributed by atoms with Crippen LogP contribution >= 0.6 is 0 Å². The van der Waals surface area contributed by atoms with E-state index in [1.165, 1.54) is 11.0 Å². The van der Waals surface area contributed by atoms with Crippen molar-refractivity contribution >= 4 is 12.0 Å². The van der Waals surface area contributed by atoms with E-state index in [9.17, 15) is 9.59 Å². The number of carboxylic acids is 1. The third kappa shape index (κ3) is 5.91. The van der Waals surface area contributed by atoms with Crippen molar-refractivity contribution in [2.75, 3.05) is 19.7 Å². The van der Waals surface area contributed by atoms with Crippen LogP contribution in [0.2, 0.25) is 0 Å². The highest BCUT2D eigenvalue weighted by molar-refractivity contribution is 5.82. The van der Waals surface area contributed by atoms with Gasteiger partial charge >= 0.3 is 12.0 Å². The minimum atomic E-state index is -1.05. The molecule has 0 fully saturated rings. The van der Waals surface area contributed by atoms with Gasteiger partial charge in [-0.3, -0.25) is 0 Å². The quantitative estimate of drug-likeness (QED) is 0.540. The molecule has 0 aliphatic rings. The molecule has 6 heteroatoms. The fraction of sp³-hybridized carbons (Fsp3) is 0.636. The Morgan fingerprint density at radius 3 is 2.59 bits per heavy atom. The molecule has 0 aromatic rings. The summed E-state index contributed by atoms with van der Waals surface area (Å²) in [5.41, 5.74) is 0. The minimum absolute atomic E-state index is 0.149. The number of hydrogen-bond donors (Lipinski definition) is 3. The average Bonchev–Trinajstić information content (AvgIpc) is 2.28. The van der Waals surface area contributed by atoms with E-state index in [0.717, 1.165) is 0 Å². The van der Waals surface area contributed by atoms with Crippen LogP contribution in [0.25, 0.3) is 0 Å². The second-order valence-electron chi connectivity index (χ2n) is 3.59. The molecule has 0 saturated carbocycles. The van der Waals surface area contributed by atoms with E-state index in [2.05, 4.69) is 11.9 Å². The topological polar surface area (TPSA) is 89.9 Å². The van der Waals surface area contributed by atoms with Gasteiger partial charge in [0.1, 0.15) is 6.04 Å². The van der Waals surface area contributed by atoms with Gasteiger partial charge in [-0.1, -0.05) is 19.4 Å². The maximum atomic E-state index is 11.7. The molecular formula is C11H20N2O4. The molecule has 17 heavy (non-hydrogen) atoms. The van der Waals surface area contributed by atoms with Crippen LogP contribution in [0.5, 0.6) is 0 Å². The molecule has 0 aromatic heterocycles. The summed E-state index contributed by atoms with van der Waals surface area (Å²) in [6.45, 7) is 5.58. The Kier molecular flexibility index (Phi) is 7.79. The zero-order chi connectivity index (χ0) is 13.3. The first-order valence-electron chi connectivity index (χ1n) is 5.56. The van der Waals surface area contributed by atoms with Gasteiger partial charge in [-0.15, -0.1) is 6.58 Å². The van der Waals surface area contributed by atoms with Gasteiger partial charge in [0.25, 0.3) is 0 Å². The predicted molar refractivity (Wildman–Crippen MR) is 63.7 cm³/mol. The lowest BCUT2D eigenvalue weighted by atomic mass is 10.2. The second-order valence-corrected chi connectivity index (χ2v) is 3.59. The van der Waals surface area contributed by atoms with Gasteiger partial charge in [-0.05, 0) is 6.42 Å². The molecule has 0 saturated heterocycles. The number of nitrogens with one attached hydrogen (secondary N) is 1. The van der Waals surface area contributed by atoms with Crippen molar-refractivity contribution in [3.05, 3.63) is 12.7 Å². The summed E-state index contributed by atoms with van der Waals surface area (Å²) in [7, 11) is 0. The lowest BCUT2D eigenvalue weighted by molar-refractivity contribution is -0.139. The number of carbonyl (C=O) groups excluding carboxylic acids is 1. The van der Waals surface area contributed by atoms with Crippen molar-refractivity contribution in [1.29, 1.82) is 0 Å². The van der Waals surface area contributed by atoms with Crippen LogP contribution in [0.15, 0.2) is 12.7 Å². The number of aliphatic hydroxyl groups is 1. The molecule has 0 radical (unpaired) electrons. The van der Waals surface area contributed by atoms with Crippen LogP contribution in [0.4, 0.5) is 4.79 Å². The Hall–Kier alpha value is -1.56. The predicted octanol–water partition coefficient (Wildman–Crippen LogP) is 0.430. The molecule has 0 bridgehead atoms. The van der Waals surface area contributed by atoms with E-state index in [0.29, 0.717) is 12.8 Å². The molecule has 0 rings (SSSR count). The Bertz CT molecular complexity index is 268. The first-order valence-corrected chi connectivity index (χ1v) is 5.56. The van der Waals surface area contributed by atoms with E-state index < -0.39 is 18.0 Å². The Morgan fingerprint density at radius 1 is 1.53 bits per heavy atom. The molecule has 0 spiro atoms. The fourth-order valence-electron chi connectivity index (χ4n) is 1.34. The van der Waals surface area contributed by atoms with Crippen molar-refractivity contribution in [2.45, 2.75) is 25.8 Å². The van der Waals surface area contributed by atoms with Gasteiger partial charge in [-0.2, -0.15) is 0 Å². The van der Waals surface area contributed by atoms with Crippen LogP contribution in [0, 0.1) is 0 Å². The van der Waals surface area contributed by atoms with Crippen LogP contribution in [0.1, 0.15) is 19.8 Å². The van der Waals surface area contributed by atoms with E-state index in [1.807, 2.05) is 6.92 Å². The SMILES string of the molecule is C=CCN(CCO)C(=O)NC(CCC)C(=O)O. The summed E-state index contributed by atoms with van der Waals surface area (Å²) in [6.07, 6.45) is 2.56. The number of rotatable bonds is 8. The molecule has 0 heterocycles. The number of aliphatic carboxylic acids is 1. The summed E-state index contributed by atoms with van der Waals surface area (Å²) < 4.78 is 0. The number of hydrogen-bond acceptors (Lipinski definition) is 3. The zero-order valence-electron chi connectivity index (χ0n) is 10.1. The maximum Gasteiger partial charge on any atom is 0.326 e. The molecule has 0 aromatic carbocycles. The number of aliphatic hydroxyl groups excluding tert-OH is 1. The Labute approximate surface area is 101 Å². The monoisotopic (exact) mass is 244 g/mol. The molecule has 0 aliphatic heterocycles. The first kappa shape index (κ1) is 15.4. The van der Waals surface area contributed by atoms with Gasteiger partial charge in [0, 0.05) is 13.1 Å². The van der Waals surface area contributed by atoms with Gasteiger partial charge in [0.05, 0.1) is 6.61 Å². The Balaban J connectivity index is 4.43. The van der Waals surface area contributed by atoms with E-state index in [4.69, 9.17) is 10.2 Å². The molecule has 1 unspecified atom stereocenters. The normalized spacial score (nSPS) is 11.6. The summed E-state index contributed by atoms with van der Waals surface area (Å²) in [6, 6.07) is -1.39. The third-order valence-electron chi connectivity index (χ3n) is 2.18. The molecule has 6 nitrogen and oxygen atoms in total. The van der Waals surface area contributed by atoms with Gasteiger partial charge in [-0.25, -0.2) is 9.59 Å². The van der Waals surface area contributed by atoms with Crippen molar-refractivity contribution in [1.82, 2.24) is 10.2 Å². The van der Waals surface area contributed by atoms with E-state index in [1.54, 1.807) is 0 Å². The fourth-order valence-corrected chi connectivity index (χ4v) is 1.34. The molecular weight excluding hydrogens is 224 g/mol. The minimum Gasteiger partial charge on any atom is -0.480 e. The lowest BCUT2D eigenvalue weighted by Gasteiger charge is -2.23. The maximum absolute atomic E-state index is 11.7. The van der Waals surface area contributed by atoms with Gasteiger partial charge < -0.3 is 20.4 Å². The number of carbonyl (C=O) groups is 2. The summed E-state index contributed by atoms with van der Waals surface area (Å²) >= 11 is 0. The molecule has 2 amide bonds. The highest BCUT2D eigenvalue weighted by atomic mass is 16.4. The van der Waals surface area contributed by atoms with E-state index >= 15 is 0 Å². The van der Waals surface area contributed by atoms with Gasteiger partial charge in [0.2, 0.25) is 0 Å². The smallest absolute Gasteiger partial charge is 0.326 e. The summed E-state index contributed by atoms with van der Waals surface area (Å²) in [5, 5.41) is 20.1. The highest BCUT2D eigenvalue weighted by Crippen LogP contribution is 1.99. The lowest BCUT2D eigenvalue weighted by Crippen LogP contribution is -2.48. The first-order chi connectivity index (χ1) is 8.06. The van der Waals surface area contributed by atoms with E-state index in [-0.39, 0.29) is 19.7 Å². The number of nitrogens with zero attached hydrogens (tertiary/aromatic N) is 1.